The summed E-state index contributed by atoms with van der Waals surface area (Å²) in [5.41, 5.74) is -1.02. The highest BCUT2D eigenvalue weighted by Crippen LogP contribution is 2.67. The summed E-state index contributed by atoms with van der Waals surface area (Å²) in [6, 6.07) is 4.40. The summed E-state index contributed by atoms with van der Waals surface area (Å²) in [5, 5.41) is 44.9. The molecule has 0 aromatic heterocycles. The summed E-state index contributed by atoms with van der Waals surface area (Å²) in [5.74, 6) is -1.88. The van der Waals surface area contributed by atoms with Crippen LogP contribution >= 0.6 is 0 Å². The Morgan fingerprint density at radius 3 is 2.56 bits per heavy atom. The largest absolute Gasteiger partial charge is 0.504 e. The van der Waals surface area contributed by atoms with E-state index in [4.69, 9.17) is 4.74 Å². The number of ketones is 2. The normalized spacial score (nSPS) is 34.8. The lowest BCUT2D eigenvalue weighted by Crippen LogP contribution is -2.62. The molecule has 4 aliphatic carbocycles. The molecule has 7 atom stereocenters. The van der Waals surface area contributed by atoms with Gasteiger partial charge in [0.2, 0.25) is 11.7 Å². The quantitative estimate of drug-likeness (QED) is 0.212. The van der Waals surface area contributed by atoms with Crippen molar-refractivity contribution in [2.24, 2.45) is 28.6 Å². The molecule has 0 aliphatic heterocycles. The van der Waals surface area contributed by atoms with Crippen molar-refractivity contribution < 1.29 is 44.3 Å². The second kappa shape index (κ2) is 11.7. The summed E-state index contributed by atoms with van der Waals surface area (Å²) < 4.78 is 5.20. The molecule has 5 N–H and O–H groups in total. The lowest BCUT2D eigenvalue weighted by atomic mass is 9.45. The predicted octanol–water partition coefficient (Wildman–Crippen LogP) is 2.88. The first kappa shape index (κ1) is 31.2. The number of fused-ring (bicyclic) bond motifs is 5. The minimum atomic E-state index is -1.73. The minimum Gasteiger partial charge on any atom is -0.504 e. The van der Waals surface area contributed by atoms with E-state index in [2.05, 4.69) is 12.2 Å². The molecule has 5 rings (SSSR count). The fourth-order valence-electron chi connectivity index (χ4n) is 8.86. The van der Waals surface area contributed by atoms with Gasteiger partial charge in [0.15, 0.2) is 23.9 Å². The zero-order valence-electron chi connectivity index (χ0n) is 24.9. The third-order valence-corrected chi connectivity index (χ3v) is 11.2. The average Bonchev–Trinajstić information content (AvgIpc) is 3.23. The number of hydrogen-bond donors (Lipinski definition) is 5. The predicted molar refractivity (Wildman–Crippen MR) is 155 cm³/mol. The molecule has 0 radical (unpaired) electrons. The number of carbonyl (C=O) groups excluding carboxylic acids is 4. The molecule has 0 heterocycles. The van der Waals surface area contributed by atoms with Gasteiger partial charge >= 0.3 is 5.97 Å². The standard InChI is InChI=1S/C33H43NO9/c1-31-12-9-21(35)16-20(31)4-5-22-23-10-13-33(42,32(23,2)17-26(38)30(22)31)27(39)18-43-29(41)8-7-28(40)34-14-11-19-3-6-24(36)25(37)15-19/h3,6,15-16,22-23,26,30,36-38,42H,4-5,7-14,17-18H2,1-2H3,(H,34,40)/t22-,23+,26+,30+,31-,32+,33-/m0/s1. The van der Waals surface area contributed by atoms with Crippen LogP contribution in [-0.4, -0.2) is 68.7 Å². The summed E-state index contributed by atoms with van der Waals surface area (Å²) in [7, 11) is 0. The summed E-state index contributed by atoms with van der Waals surface area (Å²) in [6.07, 6.45) is 5.00. The minimum absolute atomic E-state index is 0.0239. The summed E-state index contributed by atoms with van der Waals surface area (Å²) in [4.78, 5) is 50.1. The Labute approximate surface area is 251 Å². The van der Waals surface area contributed by atoms with Crippen molar-refractivity contribution >= 4 is 23.4 Å². The molecular weight excluding hydrogens is 554 g/mol. The molecule has 4 aliphatic rings. The van der Waals surface area contributed by atoms with Gasteiger partial charge < -0.3 is 30.5 Å². The van der Waals surface area contributed by atoms with E-state index in [1.54, 1.807) is 12.1 Å². The van der Waals surface area contributed by atoms with Crippen LogP contribution < -0.4 is 5.32 Å². The van der Waals surface area contributed by atoms with Crippen molar-refractivity contribution in [2.45, 2.75) is 89.8 Å². The highest BCUT2D eigenvalue weighted by Gasteiger charge is 2.68. The Bertz CT molecular complexity index is 1340. The van der Waals surface area contributed by atoms with E-state index in [1.165, 1.54) is 12.1 Å². The van der Waals surface area contributed by atoms with Crippen LogP contribution in [0.25, 0.3) is 0 Å². The molecule has 234 valence electrons. The third-order valence-electron chi connectivity index (χ3n) is 11.2. The van der Waals surface area contributed by atoms with Gasteiger partial charge in [-0.05, 0) is 91.9 Å². The van der Waals surface area contributed by atoms with Crippen molar-refractivity contribution in [1.82, 2.24) is 5.32 Å². The number of benzene rings is 1. The molecule has 0 bridgehead atoms. The monoisotopic (exact) mass is 597 g/mol. The van der Waals surface area contributed by atoms with E-state index < -0.39 is 35.5 Å². The Hall–Kier alpha value is -3.24. The SMILES string of the molecule is C[C@]12CCC(=O)C=C1CC[C@@H]1[C@@H]2[C@H](O)C[C@]2(C)[C@@H]1CC[C@]2(O)C(=O)COC(=O)CCC(=O)NCCc1ccc(O)c(O)c1. The van der Waals surface area contributed by atoms with Crippen LogP contribution in [0.15, 0.2) is 29.8 Å². The van der Waals surface area contributed by atoms with E-state index in [0.717, 1.165) is 24.0 Å². The molecule has 43 heavy (non-hydrogen) atoms. The maximum Gasteiger partial charge on any atom is 0.306 e. The van der Waals surface area contributed by atoms with E-state index in [-0.39, 0.29) is 78.6 Å². The number of ether oxygens (including phenoxy) is 1. The highest BCUT2D eigenvalue weighted by atomic mass is 16.5. The van der Waals surface area contributed by atoms with Gasteiger partial charge in [-0.15, -0.1) is 0 Å². The first-order valence-electron chi connectivity index (χ1n) is 15.4. The number of nitrogens with one attached hydrogen (secondary N) is 1. The highest BCUT2D eigenvalue weighted by molar-refractivity contribution is 5.92. The number of amides is 1. The molecule has 3 saturated carbocycles. The number of rotatable bonds is 9. The Kier molecular flexibility index (Phi) is 8.48. The van der Waals surface area contributed by atoms with Gasteiger partial charge in [-0.2, -0.15) is 0 Å². The number of aliphatic hydroxyl groups is 2. The van der Waals surface area contributed by atoms with Crippen LogP contribution in [0.4, 0.5) is 0 Å². The molecule has 3 fully saturated rings. The number of allylic oxidation sites excluding steroid dienone is 1. The molecule has 0 saturated heterocycles. The molecule has 10 nitrogen and oxygen atoms in total. The molecule has 0 spiro atoms. The van der Waals surface area contributed by atoms with Crippen LogP contribution in [0.3, 0.4) is 0 Å². The second-order valence-electron chi connectivity index (χ2n) is 13.5. The Balaban J connectivity index is 1.13. The molecular formula is C33H43NO9. The van der Waals surface area contributed by atoms with Crippen LogP contribution in [0, 0.1) is 28.6 Å². The number of phenolic OH excluding ortho intramolecular Hbond substituents is 2. The molecule has 1 amide bonds. The van der Waals surface area contributed by atoms with Gasteiger partial charge in [0.25, 0.3) is 0 Å². The van der Waals surface area contributed by atoms with Crippen LogP contribution in [0.1, 0.15) is 77.2 Å². The van der Waals surface area contributed by atoms with E-state index >= 15 is 0 Å². The van der Waals surface area contributed by atoms with Crippen molar-refractivity contribution in [3.8, 4) is 11.5 Å². The number of hydrogen-bond acceptors (Lipinski definition) is 9. The summed E-state index contributed by atoms with van der Waals surface area (Å²) >= 11 is 0. The fourth-order valence-corrected chi connectivity index (χ4v) is 8.86. The van der Waals surface area contributed by atoms with E-state index in [0.29, 0.717) is 25.7 Å². The number of esters is 1. The Morgan fingerprint density at radius 1 is 1.05 bits per heavy atom. The van der Waals surface area contributed by atoms with Gasteiger partial charge in [-0.3, -0.25) is 19.2 Å². The molecule has 10 heteroatoms. The van der Waals surface area contributed by atoms with Crippen molar-refractivity contribution in [1.29, 1.82) is 0 Å². The number of phenols is 2. The third kappa shape index (κ3) is 5.59. The van der Waals surface area contributed by atoms with E-state index in [1.807, 2.05) is 6.92 Å². The van der Waals surface area contributed by atoms with Crippen LogP contribution in [0.2, 0.25) is 0 Å². The zero-order valence-corrected chi connectivity index (χ0v) is 24.9. The fraction of sp³-hybridized carbons (Fsp3) is 0.636. The van der Waals surface area contributed by atoms with Gasteiger partial charge in [0.05, 0.1) is 12.5 Å². The van der Waals surface area contributed by atoms with Gasteiger partial charge in [0, 0.05) is 24.8 Å². The number of carbonyl (C=O) groups is 4. The van der Waals surface area contributed by atoms with Crippen molar-refractivity contribution in [2.75, 3.05) is 13.2 Å². The first-order valence-corrected chi connectivity index (χ1v) is 15.4. The molecule has 1 aromatic rings. The van der Waals surface area contributed by atoms with Crippen molar-refractivity contribution in [3.63, 3.8) is 0 Å². The van der Waals surface area contributed by atoms with Crippen LogP contribution in [0.5, 0.6) is 11.5 Å². The van der Waals surface area contributed by atoms with Crippen molar-refractivity contribution in [3.05, 3.63) is 35.4 Å². The van der Waals surface area contributed by atoms with E-state index in [9.17, 15) is 39.6 Å². The second-order valence-corrected chi connectivity index (χ2v) is 13.5. The first-order chi connectivity index (χ1) is 20.3. The van der Waals surface area contributed by atoms with Crippen LogP contribution in [-0.2, 0) is 30.3 Å². The maximum atomic E-state index is 13.4. The average molecular weight is 598 g/mol. The van der Waals surface area contributed by atoms with Gasteiger partial charge in [0.1, 0.15) is 5.60 Å². The Morgan fingerprint density at radius 2 is 1.81 bits per heavy atom. The number of aliphatic hydroxyl groups excluding tert-OH is 1. The zero-order chi connectivity index (χ0) is 31.2. The lowest BCUT2D eigenvalue weighted by Gasteiger charge is -2.60. The maximum absolute atomic E-state index is 13.4. The van der Waals surface area contributed by atoms with Gasteiger partial charge in [-0.25, -0.2) is 0 Å². The lowest BCUT2D eigenvalue weighted by molar-refractivity contribution is -0.184. The molecule has 0 unspecified atom stereocenters. The molecule has 1 aromatic carbocycles. The number of aromatic hydroxyl groups is 2. The number of Topliss-reactive ketones (excluding diaryl/α,β-unsaturated/α-hetero) is 1. The van der Waals surface area contributed by atoms with Gasteiger partial charge in [-0.1, -0.05) is 25.5 Å². The topological polar surface area (TPSA) is 170 Å². The summed E-state index contributed by atoms with van der Waals surface area (Å²) in [6.45, 7) is 3.71. The smallest absolute Gasteiger partial charge is 0.306 e.